The van der Waals surface area contributed by atoms with Gasteiger partial charge in [0, 0.05) is 13.2 Å². The van der Waals surface area contributed by atoms with Crippen LogP contribution >= 0.6 is 0 Å². The summed E-state index contributed by atoms with van der Waals surface area (Å²) in [6, 6.07) is 7.12. The molecule has 0 bridgehead atoms. The number of ether oxygens (including phenoxy) is 3. The Labute approximate surface area is 135 Å². The Hall–Kier alpha value is -2.52. The summed E-state index contributed by atoms with van der Waals surface area (Å²) < 4.78 is 15.8. The molecule has 1 aliphatic rings. The Bertz CT molecular complexity index is 628. The first kappa shape index (κ1) is 16.8. The summed E-state index contributed by atoms with van der Waals surface area (Å²) in [5.74, 6) is 0.724. The molecule has 122 valence electrons. The lowest BCUT2D eigenvalue weighted by atomic mass is 10.1. The van der Waals surface area contributed by atoms with E-state index in [0.717, 1.165) is 19.4 Å². The fourth-order valence-corrected chi connectivity index (χ4v) is 2.36. The number of nitrogens with one attached hydrogen (secondary N) is 1. The second-order valence-electron chi connectivity index (χ2n) is 5.13. The summed E-state index contributed by atoms with van der Waals surface area (Å²) in [7, 11) is 3.08. The third-order valence-electron chi connectivity index (χ3n) is 3.60. The molecule has 0 aliphatic carbocycles. The Morgan fingerprint density at radius 1 is 1.43 bits per heavy atom. The summed E-state index contributed by atoms with van der Waals surface area (Å²) in [6.07, 6.45) is 3.50. The molecule has 1 N–H and O–H groups in total. The van der Waals surface area contributed by atoms with Crippen molar-refractivity contribution in [1.82, 2.24) is 5.32 Å². The van der Waals surface area contributed by atoms with Gasteiger partial charge in [0.2, 0.25) is 0 Å². The molecule has 1 aromatic carbocycles. The van der Waals surface area contributed by atoms with Crippen LogP contribution in [0, 0.1) is 11.3 Å². The average Bonchev–Trinajstić information content (AvgIpc) is 3.10. The average molecular weight is 316 g/mol. The molecule has 2 rings (SSSR count). The molecule has 1 aliphatic heterocycles. The highest BCUT2D eigenvalue weighted by molar-refractivity contribution is 6.01. The third kappa shape index (κ3) is 4.47. The zero-order chi connectivity index (χ0) is 16.7. The van der Waals surface area contributed by atoms with E-state index in [1.165, 1.54) is 13.2 Å². The van der Waals surface area contributed by atoms with Crippen LogP contribution in [0.2, 0.25) is 0 Å². The van der Waals surface area contributed by atoms with Gasteiger partial charge >= 0.3 is 0 Å². The maximum absolute atomic E-state index is 12.1. The molecule has 0 saturated carbocycles. The Balaban J connectivity index is 2.08. The van der Waals surface area contributed by atoms with Gasteiger partial charge < -0.3 is 19.5 Å². The minimum absolute atomic E-state index is 0.0372. The van der Waals surface area contributed by atoms with Crippen LogP contribution in [0.1, 0.15) is 18.4 Å². The minimum Gasteiger partial charge on any atom is -0.493 e. The van der Waals surface area contributed by atoms with Crippen LogP contribution < -0.4 is 14.8 Å². The monoisotopic (exact) mass is 316 g/mol. The predicted octanol–water partition coefficient (Wildman–Crippen LogP) is 1.91. The second kappa shape index (κ2) is 8.20. The zero-order valence-corrected chi connectivity index (χ0v) is 13.3. The van der Waals surface area contributed by atoms with Crippen molar-refractivity contribution in [3.63, 3.8) is 0 Å². The molecular formula is C17H20N2O4. The van der Waals surface area contributed by atoms with Crippen molar-refractivity contribution in [2.45, 2.75) is 18.9 Å². The van der Waals surface area contributed by atoms with Crippen molar-refractivity contribution in [2.24, 2.45) is 0 Å². The molecule has 1 amide bonds. The normalized spacial score (nSPS) is 17.4. The highest BCUT2D eigenvalue weighted by Gasteiger charge is 2.17. The van der Waals surface area contributed by atoms with E-state index in [0.29, 0.717) is 23.6 Å². The molecule has 1 atom stereocenters. The molecule has 0 spiro atoms. The van der Waals surface area contributed by atoms with Gasteiger partial charge in [0.15, 0.2) is 11.5 Å². The first-order valence-corrected chi connectivity index (χ1v) is 7.41. The SMILES string of the molecule is COc1ccc(/C=C(\C#N)C(=O)NCC2CCCO2)cc1OC. The van der Waals surface area contributed by atoms with Gasteiger partial charge in [-0.05, 0) is 36.6 Å². The van der Waals surface area contributed by atoms with Gasteiger partial charge in [-0.2, -0.15) is 5.26 Å². The van der Waals surface area contributed by atoms with Crippen LogP contribution in [-0.2, 0) is 9.53 Å². The van der Waals surface area contributed by atoms with Crippen molar-refractivity contribution < 1.29 is 19.0 Å². The Kier molecular flexibility index (Phi) is 6.01. The largest absolute Gasteiger partial charge is 0.493 e. The van der Waals surface area contributed by atoms with Gasteiger partial charge in [0.25, 0.3) is 5.91 Å². The molecule has 6 nitrogen and oxygen atoms in total. The highest BCUT2D eigenvalue weighted by Crippen LogP contribution is 2.28. The number of nitriles is 1. The molecule has 1 aromatic rings. The van der Waals surface area contributed by atoms with E-state index in [1.807, 2.05) is 6.07 Å². The predicted molar refractivity (Wildman–Crippen MR) is 85.1 cm³/mol. The maximum atomic E-state index is 12.1. The van der Waals surface area contributed by atoms with Crippen molar-refractivity contribution in [3.05, 3.63) is 29.3 Å². The van der Waals surface area contributed by atoms with Gasteiger partial charge in [0.1, 0.15) is 11.6 Å². The summed E-state index contributed by atoms with van der Waals surface area (Å²) in [5.41, 5.74) is 0.724. The lowest BCUT2D eigenvalue weighted by molar-refractivity contribution is -0.117. The van der Waals surface area contributed by atoms with E-state index in [4.69, 9.17) is 14.2 Å². The van der Waals surface area contributed by atoms with Crippen LogP contribution in [0.15, 0.2) is 23.8 Å². The van der Waals surface area contributed by atoms with E-state index in [1.54, 1.807) is 25.3 Å². The smallest absolute Gasteiger partial charge is 0.262 e. The maximum Gasteiger partial charge on any atom is 0.262 e. The van der Waals surface area contributed by atoms with Crippen LogP contribution in [-0.4, -0.2) is 39.4 Å². The number of benzene rings is 1. The zero-order valence-electron chi connectivity index (χ0n) is 13.3. The number of nitrogens with zero attached hydrogens (tertiary/aromatic N) is 1. The topological polar surface area (TPSA) is 80.6 Å². The summed E-state index contributed by atoms with van der Waals surface area (Å²) in [6.45, 7) is 1.15. The van der Waals surface area contributed by atoms with Crippen LogP contribution in [0.5, 0.6) is 11.5 Å². The summed E-state index contributed by atoms with van der Waals surface area (Å²) >= 11 is 0. The number of amides is 1. The molecule has 0 radical (unpaired) electrons. The van der Waals surface area contributed by atoms with E-state index < -0.39 is 5.91 Å². The van der Waals surface area contributed by atoms with E-state index in [-0.39, 0.29) is 11.7 Å². The van der Waals surface area contributed by atoms with Gasteiger partial charge in [-0.25, -0.2) is 0 Å². The highest BCUT2D eigenvalue weighted by atomic mass is 16.5. The molecule has 0 aromatic heterocycles. The summed E-state index contributed by atoms with van der Waals surface area (Å²) in [5, 5.41) is 11.9. The number of hydrogen-bond donors (Lipinski definition) is 1. The number of hydrogen-bond acceptors (Lipinski definition) is 5. The third-order valence-corrected chi connectivity index (χ3v) is 3.60. The van der Waals surface area contributed by atoms with Crippen LogP contribution in [0.4, 0.5) is 0 Å². The number of methoxy groups -OCH3 is 2. The number of carbonyl (C=O) groups is 1. The van der Waals surface area contributed by atoms with Crippen molar-refractivity contribution in [2.75, 3.05) is 27.4 Å². The van der Waals surface area contributed by atoms with Gasteiger partial charge in [-0.1, -0.05) is 6.07 Å². The number of rotatable bonds is 6. The molecular weight excluding hydrogens is 296 g/mol. The molecule has 1 unspecified atom stereocenters. The number of carbonyl (C=O) groups excluding carboxylic acids is 1. The van der Waals surface area contributed by atoms with Gasteiger partial charge in [0.05, 0.1) is 20.3 Å². The van der Waals surface area contributed by atoms with Crippen molar-refractivity contribution >= 4 is 12.0 Å². The van der Waals surface area contributed by atoms with Crippen molar-refractivity contribution in [3.8, 4) is 17.6 Å². The van der Waals surface area contributed by atoms with E-state index in [9.17, 15) is 10.1 Å². The molecule has 1 saturated heterocycles. The van der Waals surface area contributed by atoms with Crippen molar-refractivity contribution in [1.29, 1.82) is 5.26 Å². The second-order valence-corrected chi connectivity index (χ2v) is 5.13. The fraction of sp³-hybridized carbons (Fsp3) is 0.412. The van der Waals surface area contributed by atoms with Gasteiger partial charge in [-0.3, -0.25) is 4.79 Å². The Morgan fingerprint density at radius 3 is 2.83 bits per heavy atom. The fourth-order valence-electron chi connectivity index (χ4n) is 2.36. The molecule has 23 heavy (non-hydrogen) atoms. The quantitative estimate of drug-likeness (QED) is 0.640. The molecule has 6 heteroatoms. The lowest BCUT2D eigenvalue weighted by Gasteiger charge is -2.10. The lowest BCUT2D eigenvalue weighted by Crippen LogP contribution is -2.32. The van der Waals surface area contributed by atoms with Crippen LogP contribution in [0.3, 0.4) is 0 Å². The molecule has 1 fully saturated rings. The van der Waals surface area contributed by atoms with Gasteiger partial charge in [-0.15, -0.1) is 0 Å². The first-order valence-electron chi connectivity index (χ1n) is 7.41. The van der Waals surface area contributed by atoms with E-state index >= 15 is 0 Å². The minimum atomic E-state index is -0.405. The standard InChI is InChI=1S/C17H20N2O4/c1-21-15-6-5-12(9-16(15)22-2)8-13(10-18)17(20)19-11-14-4-3-7-23-14/h5-6,8-9,14H,3-4,7,11H2,1-2H3,(H,19,20)/b13-8+. The van der Waals surface area contributed by atoms with Crippen LogP contribution in [0.25, 0.3) is 6.08 Å². The molecule has 1 heterocycles. The first-order chi connectivity index (χ1) is 11.2. The summed E-state index contributed by atoms with van der Waals surface area (Å²) in [4.78, 5) is 12.1. The van der Waals surface area contributed by atoms with E-state index in [2.05, 4.69) is 5.32 Å². The Morgan fingerprint density at radius 2 is 2.22 bits per heavy atom.